The zero-order valence-corrected chi connectivity index (χ0v) is 10.6. The van der Waals surface area contributed by atoms with Gasteiger partial charge >= 0.3 is 0 Å². The summed E-state index contributed by atoms with van der Waals surface area (Å²) in [7, 11) is 0. The van der Waals surface area contributed by atoms with E-state index in [1.54, 1.807) is 36.8 Å². The lowest BCUT2D eigenvalue weighted by atomic mass is 10.1. The Morgan fingerprint density at radius 3 is 2.58 bits per heavy atom. The highest BCUT2D eigenvalue weighted by atomic mass is 16.1. The van der Waals surface area contributed by atoms with Crippen LogP contribution in [-0.4, -0.2) is 17.3 Å². The quantitative estimate of drug-likeness (QED) is 0.488. The molecule has 2 rings (SSSR count). The molecule has 1 aromatic heterocycles. The van der Waals surface area contributed by atoms with Gasteiger partial charge in [-0.1, -0.05) is 30.3 Å². The van der Waals surface area contributed by atoms with Gasteiger partial charge in [-0.25, -0.2) is 0 Å². The number of allylic oxidation sites excluding steroid dienone is 1. The monoisotopic (exact) mass is 252 g/mol. The molecule has 3 heteroatoms. The molecule has 3 nitrogen and oxygen atoms in total. The Balaban J connectivity index is 1.74. The number of hydrogen-bond donors (Lipinski definition) is 1. The van der Waals surface area contributed by atoms with Gasteiger partial charge < -0.3 is 5.32 Å². The molecule has 0 unspecified atom stereocenters. The van der Waals surface area contributed by atoms with Crippen LogP contribution in [0.1, 0.15) is 15.9 Å². The summed E-state index contributed by atoms with van der Waals surface area (Å²) in [6.45, 7) is 0.810. The van der Waals surface area contributed by atoms with E-state index in [9.17, 15) is 4.79 Å². The third-order valence-electron chi connectivity index (χ3n) is 2.72. The molecular formula is C16H16N2O. The number of carbonyl (C=O) groups excluding carboxylic acids is 1. The van der Waals surface area contributed by atoms with Crippen molar-refractivity contribution in [3.05, 3.63) is 78.3 Å². The zero-order valence-electron chi connectivity index (χ0n) is 10.6. The van der Waals surface area contributed by atoms with Crippen LogP contribution in [0.2, 0.25) is 0 Å². The predicted octanol–water partition coefficient (Wildman–Crippen LogP) is 2.61. The Morgan fingerprint density at radius 1 is 1.11 bits per heavy atom. The fourth-order valence-corrected chi connectivity index (χ4v) is 1.69. The lowest BCUT2D eigenvalue weighted by Crippen LogP contribution is -2.10. The predicted molar refractivity (Wildman–Crippen MR) is 75.9 cm³/mol. The fraction of sp³-hybridized carbons (Fsp3) is 0.125. The van der Waals surface area contributed by atoms with Gasteiger partial charge in [-0.2, -0.15) is 0 Å². The van der Waals surface area contributed by atoms with Crippen molar-refractivity contribution in [2.75, 3.05) is 6.54 Å². The van der Waals surface area contributed by atoms with E-state index < -0.39 is 0 Å². The van der Waals surface area contributed by atoms with Gasteiger partial charge in [-0.15, -0.1) is 0 Å². The summed E-state index contributed by atoms with van der Waals surface area (Å²) in [5.74, 6) is -0.0189. The van der Waals surface area contributed by atoms with E-state index in [1.807, 2.05) is 18.2 Å². The van der Waals surface area contributed by atoms with E-state index >= 15 is 0 Å². The van der Waals surface area contributed by atoms with Crippen LogP contribution in [0.5, 0.6) is 0 Å². The van der Waals surface area contributed by atoms with Crippen molar-refractivity contribution in [3.63, 3.8) is 0 Å². The summed E-state index contributed by atoms with van der Waals surface area (Å²) in [4.78, 5) is 15.6. The maximum absolute atomic E-state index is 11.7. The second-order valence-electron chi connectivity index (χ2n) is 4.12. The van der Waals surface area contributed by atoms with E-state index in [-0.39, 0.29) is 5.78 Å². The second kappa shape index (κ2) is 7.11. The number of nitrogens with zero attached hydrogens (tertiary/aromatic N) is 1. The number of carbonyl (C=O) groups is 1. The Bertz CT molecular complexity index is 535. The molecule has 1 N–H and O–H groups in total. The molecule has 0 aliphatic carbocycles. The molecule has 1 aromatic carbocycles. The molecule has 0 aliphatic rings. The number of ketones is 1. The van der Waals surface area contributed by atoms with E-state index in [4.69, 9.17) is 0 Å². The van der Waals surface area contributed by atoms with Gasteiger partial charge in [0.15, 0.2) is 5.78 Å². The molecule has 0 fully saturated rings. The third kappa shape index (κ3) is 4.39. The minimum absolute atomic E-state index is 0.0189. The summed E-state index contributed by atoms with van der Waals surface area (Å²) < 4.78 is 0. The smallest absolute Gasteiger partial charge is 0.187 e. The maximum atomic E-state index is 11.7. The highest BCUT2D eigenvalue weighted by Crippen LogP contribution is 1.99. The van der Waals surface area contributed by atoms with Gasteiger partial charge in [0.05, 0.1) is 0 Å². The molecule has 0 spiro atoms. The lowest BCUT2D eigenvalue weighted by Gasteiger charge is -2.01. The molecule has 0 atom stereocenters. The van der Waals surface area contributed by atoms with Crippen LogP contribution in [-0.2, 0) is 6.42 Å². The topological polar surface area (TPSA) is 42.0 Å². The minimum atomic E-state index is -0.0189. The van der Waals surface area contributed by atoms with Crippen molar-refractivity contribution in [2.45, 2.75) is 6.42 Å². The number of benzene rings is 1. The van der Waals surface area contributed by atoms with Crippen molar-refractivity contribution in [1.82, 2.24) is 10.3 Å². The maximum Gasteiger partial charge on any atom is 0.187 e. The largest absolute Gasteiger partial charge is 0.390 e. The van der Waals surface area contributed by atoms with Crippen LogP contribution in [0.3, 0.4) is 0 Å². The van der Waals surface area contributed by atoms with Crippen LogP contribution in [0, 0.1) is 0 Å². The molecule has 0 radical (unpaired) electrons. The number of hydrogen-bond acceptors (Lipinski definition) is 3. The van der Waals surface area contributed by atoms with Gasteiger partial charge in [-0.05, 0) is 24.1 Å². The first-order chi connectivity index (χ1) is 9.36. The van der Waals surface area contributed by atoms with E-state index in [2.05, 4.69) is 22.4 Å². The van der Waals surface area contributed by atoms with E-state index in [0.717, 1.165) is 13.0 Å². The average Bonchev–Trinajstić information content (AvgIpc) is 2.49. The average molecular weight is 252 g/mol. The van der Waals surface area contributed by atoms with Gasteiger partial charge in [0, 0.05) is 36.8 Å². The van der Waals surface area contributed by atoms with Gasteiger partial charge in [-0.3, -0.25) is 9.78 Å². The summed E-state index contributed by atoms with van der Waals surface area (Å²) in [6, 6.07) is 13.6. The van der Waals surface area contributed by atoms with Crippen molar-refractivity contribution >= 4 is 5.78 Å². The molecule has 0 bridgehead atoms. The molecule has 19 heavy (non-hydrogen) atoms. The molecule has 0 amide bonds. The number of rotatable bonds is 6. The molecule has 1 heterocycles. The fourth-order valence-electron chi connectivity index (χ4n) is 1.69. The first-order valence-electron chi connectivity index (χ1n) is 6.24. The van der Waals surface area contributed by atoms with Crippen LogP contribution in [0.25, 0.3) is 0 Å². The molecular weight excluding hydrogens is 236 g/mol. The Labute approximate surface area is 113 Å². The lowest BCUT2D eigenvalue weighted by molar-refractivity contribution is 0.104. The molecule has 2 aromatic rings. The molecule has 0 aliphatic heterocycles. The Hall–Kier alpha value is -2.42. The Kier molecular flexibility index (Phi) is 4.87. The third-order valence-corrected chi connectivity index (χ3v) is 2.72. The standard InChI is InChI=1S/C16H16N2O/c19-16(15-7-11-18-12-8-15)9-13-17-10-6-14-4-2-1-3-5-14/h1-5,7-9,11-13,17H,6,10H2/b13-9-. The Morgan fingerprint density at radius 2 is 1.84 bits per heavy atom. The first kappa shape index (κ1) is 13.0. The molecule has 0 saturated carbocycles. The number of aromatic nitrogens is 1. The normalized spacial score (nSPS) is 10.5. The van der Waals surface area contributed by atoms with Crippen LogP contribution < -0.4 is 5.32 Å². The zero-order chi connectivity index (χ0) is 13.3. The summed E-state index contributed by atoms with van der Waals surface area (Å²) in [6.07, 6.45) is 7.41. The van der Waals surface area contributed by atoms with E-state index in [1.165, 1.54) is 5.56 Å². The highest BCUT2D eigenvalue weighted by molar-refractivity contribution is 6.04. The van der Waals surface area contributed by atoms with Gasteiger partial charge in [0.2, 0.25) is 0 Å². The second-order valence-corrected chi connectivity index (χ2v) is 4.12. The minimum Gasteiger partial charge on any atom is -0.390 e. The molecule has 96 valence electrons. The van der Waals surface area contributed by atoms with Crippen LogP contribution in [0.15, 0.2) is 67.1 Å². The van der Waals surface area contributed by atoms with Crippen LogP contribution >= 0.6 is 0 Å². The summed E-state index contributed by atoms with van der Waals surface area (Å²) in [5, 5.41) is 3.12. The summed E-state index contributed by atoms with van der Waals surface area (Å²) >= 11 is 0. The van der Waals surface area contributed by atoms with Crippen LogP contribution in [0.4, 0.5) is 0 Å². The molecule has 0 saturated heterocycles. The van der Waals surface area contributed by atoms with Crippen molar-refractivity contribution < 1.29 is 4.79 Å². The summed E-state index contributed by atoms with van der Waals surface area (Å²) in [5.41, 5.74) is 1.93. The first-order valence-corrected chi connectivity index (χ1v) is 6.24. The highest BCUT2D eigenvalue weighted by Gasteiger charge is 1.98. The van der Waals surface area contributed by atoms with Crippen molar-refractivity contribution in [2.24, 2.45) is 0 Å². The van der Waals surface area contributed by atoms with Gasteiger partial charge in [0.25, 0.3) is 0 Å². The number of pyridine rings is 1. The van der Waals surface area contributed by atoms with E-state index in [0.29, 0.717) is 5.56 Å². The van der Waals surface area contributed by atoms with Crippen molar-refractivity contribution in [3.8, 4) is 0 Å². The van der Waals surface area contributed by atoms with Crippen molar-refractivity contribution in [1.29, 1.82) is 0 Å². The van der Waals surface area contributed by atoms with Gasteiger partial charge in [0.1, 0.15) is 0 Å². The number of nitrogens with one attached hydrogen (secondary N) is 1. The SMILES string of the molecule is O=C(/C=C\NCCc1ccccc1)c1ccncc1.